The van der Waals surface area contributed by atoms with Gasteiger partial charge in [-0.1, -0.05) is 6.42 Å². The minimum atomic E-state index is 0.260. The van der Waals surface area contributed by atoms with E-state index in [1.807, 2.05) is 6.07 Å². The van der Waals surface area contributed by atoms with Gasteiger partial charge in [-0.3, -0.25) is 0 Å². The van der Waals surface area contributed by atoms with Crippen molar-refractivity contribution in [3.8, 4) is 11.5 Å². The third-order valence-corrected chi connectivity index (χ3v) is 3.90. The van der Waals surface area contributed by atoms with Crippen molar-refractivity contribution in [2.75, 3.05) is 20.8 Å². The monoisotopic (exact) mass is 235 g/mol. The molecule has 0 aliphatic heterocycles. The van der Waals surface area contributed by atoms with Crippen LogP contribution in [0.3, 0.4) is 0 Å². The molecule has 0 saturated heterocycles. The van der Waals surface area contributed by atoms with E-state index in [-0.39, 0.29) is 5.41 Å². The van der Waals surface area contributed by atoms with Crippen LogP contribution >= 0.6 is 0 Å². The number of nitrogens with two attached hydrogens (primary N) is 1. The minimum Gasteiger partial charge on any atom is -0.497 e. The van der Waals surface area contributed by atoms with Crippen LogP contribution in [0.5, 0.6) is 11.5 Å². The molecule has 3 nitrogen and oxygen atoms in total. The molecule has 0 unspecified atom stereocenters. The van der Waals surface area contributed by atoms with E-state index in [0.29, 0.717) is 0 Å². The smallest absolute Gasteiger partial charge is 0.122 e. The molecule has 0 atom stereocenters. The van der Waals surface area contributed by atoms with Crippen LogP contribution in [0.2, 0.25) is 0 Å². The molecule has 0 radical (unpaired) electrons. The van der Waals surface area contributed by atoms with Gasteiger partial charge in [-0.05, 0) is 48.9 Å². The third-order valence-electron chi connectivity index (χ3n) is 3.90. The maximum absolute atomic E-state index is 5.74. The molecule has 0 bridgehead atoms. The highest BCUT2D eigenvalue weighted by molar-refractivity contribution is 5.43. The lowest BCUT2D eigenvalue weighted by Gasteiger charge is -2.42. The van der Waals surface area contributed by atoms with Gasteiger partial charge in [0.15, 0.2) is 0 Å². The van der Waals surface area contributed by atoms with Gasteiger partial charge in [0.1, 0.15) is 11.5 Å². The standard InChI is InChI=1S/C14H21NO2/c1-16-12-8-11(9-13(10-12)17-2)14(6-7-15)4-3-5-14/h8-10H,3-7,15H2,1-2H3. The summed E-state index contributed by atoms with van der Waals surface area (Å²) in [4.78, 5) is 0. The number of hydrogen-bond donors (Lipinski definition) is 1. The van der Waals surface area contributed by atoms with Crippen LogP contribution in [0.15, 0.2) is 18.2 Å². The average Bonchev–Trinajstić information content (AvgIpc) is 2.33. The zero-order chi connectivity index (χ0) is 12.3. The van der Waals surface area contributed by atoms with Crippen molar-refractivity contribution >= 4 is 0 Å². The van der Waals surface area contributed by atoms with Gasteiger partial charge in [0, 0.05) is 6.07 Å². The van der Waals surface area contributed by atoms with E-state index >= 15 is 0 Å². The molecule has 1 aliphatic rings. The second-order valence-electron chi connectivity index (χ2n) is 4.77. The maximum atomic E-state index is 5.74. The zero-order valence-corrected chi connectivity index (χ0v) is 10.7. The summed E-state index contributed by atoms with van der Waals surface area (Å²) in [6, 6.07) is 6.16. The molecule has 1 aromatic rings. The summed E-state index contributed by atoms with van der Waals surface area (Å²) in [5.41, 5.74) is 7.31. The van der Waals surface area contributed by atoms with Crippen molar-refractivity contribution in [2.24, 2.45) is 5.73 Å². The van der Waals surface area contributed by atoms with E-state index in [2.05, 4.69) is 12.1 Å². The molecule has 2 rings (SSSR count). The van der Waals surface area contributed by atoms with Gasteiger partial charge < -0.3 is 15.2 Å². The lowest BCUT2D eigenvalue weighted by atomic mass is 9.62. The molecule has 17 heavy (non-hydrogen) atoms. The molecule has 1 aromatic carbocycles. The fourth-order valence-electron chi connectivity index (χ4n) is 2.68. The van der Waals surface area contributed by atoms with Gasteiger partial charge in [-0.25, -0.2) is 0 Å². The van der Waals surface area contributed by atoms with Crippen LogP contribution in [-0.2, 0) is 5.41 Å². The number of hydrogen-bond acceptors (Lipinski definition) is 3. The number of benzene rings is 1. The van der Waals surface area contributed by atoms with Crippen LogP contribution < -0.4 is 15.2 Å². The van der Waals surface area contributed by atoms with Gasteiger partial charge in [-0.2, -0.15) is 0 Å². The molecule has 3 heteroatoms. The molecule has 0 heterocycles. The molecule has 0 amide bonds. The van der Waals surface area contributed by atoms with Crippen LogP contribution in [0.25, 0.3) is 0 Å². The summed E-state index contributed by atoms with van der Waals surface area (Å²) in [5.74, 6) is 1.73. The molecule has 0 spiro atoms. The van der Waals surface area contributed by atoms with Crippen LogP contribution in [-0.4, -0.2) is 20.8 Å². The highest BCUT2D eigenvalue weighted by Crippen LogP contribution is 2.47. The van der Waals surface area contributed by atoms with Gasteiger partial charge >= 0.3 is 0 Å². The van der Waals surface area contributed by atoms with Crippen molar-refractivity contribution in [1.82, 2.24) is 0 Å². The fourth-order valence-corrected chi connectivity index (χ4v) is 2.68. The Morgan fingerprint density at radius 1 is 1.12 bits per heavy atom. The molecule has 94 valence electrons. The first-order valence-corrected chi connectivity index (χ1v) is 6.18. The molecule has 1 saturated carbocycles. The number of ether oxygens (including phenoxy) is 2. The molecular formula is C14H21NO2. The van der Waals surface area contributed by atoms with Gasteiger partial charge in [0.05, 0.1) is 14.2 Å². The fraction of sp³-hybridized carbons (Fsp3) is 0.571. The third kappa shape index (κ3) is 2.25. The summed E-state index contributed by atoms with van der Waals surface area (Å²) in [7, 11) is 3.38. The second-order valence-corrected chi connectivity index (χ2v) is 4.77. The Morgan fingerprint density at radius 3 is 2.06 bits per heavy atom. The van der Waals surface area contributed by atoms with Crippen molar-refractivity contribution in [2.45, 2.75) is 31.1 Å². The Kier molecular flexibility index (Phi) is 3.57. The Hall–Kier alpha value is -1.22. The van der Waals surface area contributed by atoms with Crippen molar-refractivity contribution < 1.29 is 9.47 Å². The normalized spacial score (nSPS) is 17.4. The lowest BCUT2D eigenvalue weighted by Crippen LogP contribution is -2.36. The minimum absolute atomic E-state index is 0.260. The highest BCUT2D eigenvalue weighted by Gasteiger charge is 2.38. The van der Waals surface area contributed by atoms with Gasteiger partial charge in [0.2, 0.25) is 0 Å². The van der Waals surface area contributed by atoms with Crippen LogP contribution in [0.4, 0.5) is 0 Å². The highest BCUT2D eigenvalue weighted by atomic mass is 16.5. The van der Waals surface area contributed by atoms with E-state index in [1.54, 1.807) is 14.2 Å². The lowest BCUT2D eigenvalue weighted by molar-refractivity contribution is 0.228. The summed E-state index contributed by atoms with van der Waals surface area (Å²) < 4.78 is 10.7. The molecule has 2 N–H and O–H groups in total. The first-order chi connectivity index (χ1) is 8.24. The van der Waals surface area contributed by atoms with E-state index < -0.39 is 0 Å². The summed E-state index contributed by atoms with van der Waals surface area (Å²) in [6.07, 6.45) is 4.78. The largest absolute Gasteiger partial charge is 0.497 e. The second kappa shape index (κ2) is 4.96. The van der Waals surface area contributed by atoms with E-state index in [1.165, 1.54) is 24.8 Å². The SMILES string of the molecule is COc1cc(OC)cc(C2(CCN)CCC2)c1. The molecule has 0 aromatic heterocycles. The molecule has 1 aliphatic carbocycles. The first kappa shape index (κ1) is 12.2. The maximum Gasteiger partial charge on any atom is 0.122 e. The molecule has 1 fully saturated rings. The predicted octanol–water partition coefficient (Wildman–Crippen LogP) is 2.47. The van der Waals surface area contributed by atoms with Crippen molar-refractivity contribution in [3.63, 3.8) is 0 Å². The average molecular weight is 235 g/mol. The quantitative estimate of drug-likeness (QED) is 0.852. The summed E-state index contributed by atoms with van der Waals surface area (Å²) >= 11 is 0. The Morgan fingerprint density at radius 2 is 1.71 bits per heavy atom. The Balaban J connectivity index is 2.35. The topological polar surface area (TPSA) is 44.5 Å². The first-order valence-electron chi connectivity index (χ1n) is 6.18. The van der Waals surface area contributed by atoms with Crippen LogP contribution in [0, 0.1) is 0 Å². The van der Waals surface area contributed by atoms with E-state index in [4.69, 9.17) is 15.2 Å². The van der Waals surface area contributed by atoms with E-state index in [0.717, 1.165) is 24.5 Å². The summed E-state index contributed by atoms with van der Waals surface area (Å²) in [5, 5.41) is 0. The zero-order valence-electron chi connectivity index (χ0n) is 10.7. The van der Waals surface area contributed by atoms with Gasteiger partial charge in [-0.15, -0.1) is 0 Å². The van der Waals surface area contributed by atoms with Crippen molar-refractivity contribution in [1.29, 1.82) is 0 Å². The van der Waals surface area contributed by atoms with Crippen LogP contribution in [0.1, 0.15) is 31.2 Å². The summed E-state index contributed by atoms with van der Waals surface area (Å²) in [6.45, 7) is 0.736. The number of methoxy groups -OCH3 is 2. The van der Waals surface area contributed by atoms with Crippen molar-refractivity contribution in [3.05, 3.63) is 23.8 Å². The van der Waals surface area contributed by atoms with Gasteiger partial charge in [0.25, 0.3) is 0 Å². The number of rotatable bonds is 5. The Labute approximate surface area is 103 Å². The Bertz CT molecular complexity index is 364. The predicted molar refractivity (Wildman–Crippen MR) is 68.7 cm³/mol. The van der Waals surface area contributed by atoms with E-state index in [9.17, 15) is 0 Å². The molecular weight excluding hydrogens is 214 g/mol.